The van der Waals surface area contributed by atoms with E-state index in [1.807, 2.05) is 0 Å². The fraction of sp³-hybridized carbons (Fsp3) is 0.333. The van der Waals surface area contributed by atoms with E-state index in [0.29, 0.717) is 11.8 Å². The summed E-state index contributed by atoms with van der Waals surface area (Å²) in [5.41, 5.74) is 2.76. The van der Waals surface area contributed by atoms with E-state index in [1.165, 1.54) is 17.5 Å². The van der Waals surface area contributed by atoms with Crippen LogP contribution in [0, 0.1) is 11.8 Å². The van der Waals surface area contributed by atoms with Crippen LogP contribution in [0.2, 0.25) is 0 Å². The largest absolute Gasteiger partial charge is 0.117 e. The number of aryl methyl sites for hydroxylation is 1. The van der Waals surface area contributed by atoms with Gasteiger partial charge >= 0.3 is 0 Å². The SMILES string of the molecule is ClC1c2ccccc2CCC2C=CC=CC21. The number of allylic oxidation sites excluding steroid dienone is 4. The van der Waals surface area contributed by atoms with E-state index in [2.05, 4.69) is 48.6 Å². The maximum absolute atomic E-state index is 6.64. The Bertz CT molecular complexity index is 445. The summed E-state index contributed by atoms with van der Waals surface area (Å²) >= 11 is 6.64. The Morgan fingerprint density at radius 1 is 1.06 bits per heavy atom. The predicted molar refractivity (Wildman–Crippen MR) is 68.6 cm³/mol. The molecule has 2 aliphatic rings. The quantitative estimate of drug-likeness (QED) is 0.584. The summed E-state index contributed by atoms with van der Waals surface area (Å²) in [7, 11) is 0. The third kappa shape index (κ3) is 1.62. The molecular weight excluding hydrogens is 216 g/mol. The summed E-state index contributed by atoms with van der Waals surface area (Å²) in [6.45, 7) is 0. The van der Waals surface area contributed by atoms with Crippen LogP contribution in [0.3, 0.4) is 0 Å². The third-order valence-electron chi connectivity index (χ3n) is 3.73. The molecule has 1 aromatic rings. The lowest BCUT2D eigenvalue weighted by atomic mass is 9.83. The number of hydrogen-bond donors (Lipinski definition) is 0. The zero-order valence-corrected chi connectivity index (χ0v) is 9.90. The summed E-state index contributed by atoms with van der Waals surface area (Å²) in [5.74, 6) is 1.08. The Labute approximate surface area is 102 Å². The van der Waals surface area contributed by atoms with Gasteiger partial charge in [-0.15, -0.1) is 11.6 Å². The van der Waals surface area contributed by atoms with Gasteiger partial charge in [-0.05, 0) is 29.9 Å². The molecule has 0 saturated carbocycles. The predicted octanol–water partition coefficient (Wildman–Crippen LogP) is 4.27. The van der Waals surface area contributed by atoms with Crippen LogP contribution in [-0.4, -0.2) is 0 Å². The van der Waals surface area contributed by atoms with Crippen molar-refractivity contribution in [3.05, 3.63) is 59.7 Å². The van der Waals surface area contributed by atoms with Gasteiger partial charge in [0, 0.05) is 5.92 Å². The molecule has 1 heteroatoms. The molecule has 0 aliphatic heterocycles. The Hall–Kier alpha value is -1.01. The number of hydrogen-bond acceptors (Lipinski definition) is 0. The van der Waals surface area contributed by atoms with Crippen LogP contribution < -0.4 is 0 Å². The van der Waals surface area contributed by atoms with Gasteiger partial charge in [-0.2, -0.15) is 0 Å². The fourth-order valence-electron chi connectivity index (χ4n) is 2.83. The summed E-state index contributed by atoms with van der Waals surface area (Å²) < 4.78 is 0. The molecule has 0 aromatic heterocycles. The molecule has 3 atom stereocenters. The van der Waals surface area contributed by atoms with E-state index in [9.17, 15) is 0 Å². The molecule has 0 heterocycles. The molecule has 1 aromatic carbocycles. The third-order valence-corrected chi connectivity index (χ3v) is 4.26. The van der Waals surface area contributed by atoms with Crippen molar-refractivity contribution in [2.24, 2.45) is 11.8 Å². The second-order valence-electron chi connectivity index (χ2n) is 4.65. The Morgan fingerprint density at radius 2 is 1.88 bits per heavy atom. The van der Waals surface area contributed by atoms with Crippen molar-refractivity contribution >= 4 is 11.6 Å². The molecule has 0 bridgehead atoms. The van der Waals surface area contributed by atoms with Gasteiger partial charge in [-0.1, -0.05) is 48.6 Å². The first-order valence-corrected chi connectivity index (χ1v) is 6.37. The van der Waals surface area contributed by atoms with E-state index < -0.39 is 0 Å². The average molecular weight is 231 g/mol. The van der Waals surface area contributed by atoms with Gasteiger partial charge in [0.1, 0.15) is 0 Å². The number of halogens is 1. The van der Waals surface area contributed by atoms with Crippen LogP contribution in [0.25, 0.3) is 0 Å². The van der Waals surface area contributed by atoms with E-state index in [1.54, 1.807) is 0 Å². The van der Waals surface area contributed by atoms with Crippen molar-refractivity contribution in [2.75, 3.05) is 0 Å². The van der Waals surface area contributed by atoms with Crippen LogP contribution in [0.4, 0.5) is 0 Å². The minimum atomic E-state index is 0.130. The lowest BCUT2D eigenvalue weighted by Crippen LogP contribution is -2.15. The number of rotatable bonds is 0. The zero-order chi connectivity index (χ0) is 11.0. The molecular formula is C15H15Cl. The van der Waals surface area contributed by atoms with Gasteiger partial charge in [0.25, 0.3) is 0 Å². The molecule has 82 valence electrons. The second-order valence-corrected chi connectivity index (χ2v) is 5.12. The molecule has 3 unspecified atom stereocenters. The van der Waals surface area contributed by atoms with E-state index >= 15 is 0 Å². The van der Waals surface area contributed by atoms with Gasteiger partial charge in [-0.3, -0.25) is 0 Å². The Kier molecular flexibility index (Phi) is 2.61. The maximum atomic E-state index is 6.64. The van der Waals surface area contributed by atoms with E-state index in [-0.39, 0.29) is 5.38 Å². The number of alkyl halides is 1. The van der Waals surface area contributed by atoms with Crippen LogP contribution in [0.5, 0.6) is 0 Å². The normalized spacial score (nSPS) is 31.7. The molecule has 0 fully saturated rings. The number of benzene rings is 1. The highest BCUT2D eigenvalue weighted by molar-refractivity contribution is 6.21. The van der Waals surface area contributed by atoms with Crippen molar-refractivity contribution in [3.8, 4) is 0 Å². The molecule has 3 rings (SSSR count). The smallest absolute Gasteiger partial charge is 0.0656 e. The summed E-state index contributed by atoms with van der Waals surface area (Å²) in [4.78, 5) is 0. The summed E-state index contributed by atoms with van der Waals surface area (Å²) in [6.07, 6.45) is 11.2. The Morgan fingerprint density at radius 3 is 2.81 bits per heavy atom. The minimum absolute atomic E-state index is 0.130. The first-order chi connectivity index (χ1) is 7.86. The molecule has 2 aliphatic carbocycles. The van der Waals surface area contributed by atoms with Gasteiger partial charge in [0.05, 0.1) is 5.38 Å². The van der Waals surface area contributed by atoms with Crippen molar-refractivity contribution in [3.63, 3.8) is 0 Å². The zero-order valence-electron chi connectivity index (χ0n) is 9.14. The Balaban J connectivity index is 2.04. The highest BCUT2D eigenvalue weighted by Gasteiger charge is 2.30. The monoisotopic (exact) mass is 230 g/mol. The average Bonchev–Trinajstić information content (AvgIpc) is 2.49. The molecule has 0 saturated heterocycles. The van der Waals surface area contributed by atoms with Crippen LogP contribution >= 0.6 is 11.6 Å². The molecule has 0 spiro atoms. The van der Waals surface area contributed by atoms with Gasteiger partial charge in [0.2, 0.25) is 0 Å². The summed E-state index contributed by atoms with van der Waals surface area (Å²) in [6, 6.07) is 8.61. The first kappa shape index (κ1) is 10.2. The van der Waals surface area contributed by atoms with Crippen molar-refractivity contribution in [1.82, 2.24) is 0 Å². The fourth-order valence-corrected chi connectivity index (χ4v) is 3.32. The molecule has 0 N–H and O–H groups in total. The van der Waals surface area contributed by atoms with E-state index in [4.69, 9.17) is 11.6 Å². The van der Waals surface area contributed by atoms with Gasteiger partial charge < -0.3 is 0 Å². The molecule has 0 amide bonds. The van der Waals surface area contributed by atoms with Crippen LogP contribution in [-0.2, 0) is 6.42 Å². The van der Waals surface area contributed by atoms with Crippen molar-refractivity contribution in [2.45, 2.75) is 18.2 Å². The highest BCUT2D eigenvalue weighted by atomic mass is 35.5. The minimum Gasteiger partial charge on any atom is -0.117 e. The topological polar surface area (TPSA) is 0 Å². The first-order valence-electron chi connectivity index (χ1n) is 5.93. The standard InChI is InChI=1S/C15H15Cl/c16-15-13-7-3-1-5-11(13)9-10-12-6-2-4-8-14(12)15/h1-8,11,13,15H,9-10H2. The van der Waals surface area contributed by atoms with Gasteiger partial charge in [0.15, 0.2) is 0 Å². The van der Waals surface area contributed by atoms with Crippen molar-refractivity contribution < 1.29 is 0 Å². The van der Waals surface area contributed by atoms with Crippen LogP contribution in [0.1, 0.15) is 22.9 Å². The van der Waals surface area contributed by atoms with Gasteiger partial charge in [-0.25, -0.2) is 0 Å². The lowest BCUT2D eigenvalue weighted by Gasteiger charge is -2.25. The van der Waals surface area contributed by atoms with Crippen molar-refractivity contribution in [1.29, 1.82) is 0 Å². The lowest BCUT2D eigenvalue weighted by molar-refractivity contribution is 0.445. The molecule has 0 nitrogen and oxygen atoms in total. The molecule has 0 radical (unpaired) electrons. The molecule has 16 heavy (non-hydrogen) atoms. The second kappa shape index (κ2) is 4.10. The summed E-state index contributed by atoms with van der Waals surface area (Å²) in [5, 5.41) is 0.130. The maximum Gasteiger partial charge on any atom is 0.0656 e. The van der Waals surface area contributed by atoms with E-state index in [0.717, 1.165) is 6.42 Å². The van der Waals surface area contributed by atoms with Crippen LogP contribution in [0.15, 0.2) is 48.6 Å². The highest BCUT2D eigenvalue weighted by Crippen LogP contribution is 2.43. The number of fused-ring (bicyclic) bond motifs is 2.